The van der Waals surface area contributed by atoms with E-state index in [4.69, 9.17) is 5.73 Å². The molecule has 2 heterocycles. The van der Waals surface area contributed by atoms with Crippen LogP contribution < -0.4 is 10.6 Å². The fraction of sp³-hybridized carbons (Fsp3) is 0.714. The molecule has 4 heteroatoms. The third kappa shape index (κ3) is 2.99. The molecule has 0 bridgehead atoms. The van der Waals surface area contributed by atoms with Gasteiger partial charge in [-0.15, -0.1) is 0 Å². The maximum atomic E-state index is 6.11. The van der Waals surface area contributed by atoms with Crippen molar-refractivity contribution in [2.75, 3.05) is 11.4 Å². The van der Waals surface area contributed by atoms with Gasteiger partial charge in [0, 0.05) is 30.4 Å². The summed E-state index contributed by atoms with van der Waals surface area (Å²) >= 11 is 0. The molecular formula is C14H24N4. The average molecular weight is 248 g/mol. The van der Waals surface area contributed by atoms with E-state index in [-0.39, 0.29) is 6.04 Å². The van der Waals surface area contributed by atoms with Gasteiger partial charge in [-0.05, 0) is 32.6 Å². The molecule has 1 aromatic rings. The molecule has 0 aromatic carbocycles. The van der Waals surface area contributed by atoms with Crippen LogP contribution in [0.1, 0.15) is 45.2 Å². The van der Waals surface area contributed by atoms with E-state index < -0.39 is 0 Å². The van der Waals surface area contributed by atoms with Gasteiger partial charge in [0.25, 0.3) is 0 Å². The van der Waals surface area contributed by atoms with E-state index >= 15 is 0 Å². The Morgan fingerprint density at radius 2 is 2.28 bits per heavy atom. The summed E-state index contributed by atoms with van der Waals surface area (Å²) < 4.78 is 0. The predicted molar refractivity (Wildman–Crippen MR) is 74.7 cm³/mol. The molecule has 0 spiro atoms. The minimum atomic E-state index is 0.190. The van der Waals surface area contributed by atoms with Crippen LogP contribution in [-0.4, -0.2) is 28.6 Å². The first kappa shape index (κ1) is 13.3. The van der Waals surface area contributed by atoms with Gasteiger partial charge >= 0.3 is 0 Å². The summed E-state index contributed by atoms with van der Waals surface area (Å²) in [5.74, 6) is 1.05. The monoisotopic (exact) mass is 248 g/mol. The predicted octanol–water partition coefficient (Wildman–Crippen LogP) is 2.14. The highest BCUT2D eigenvalue weighted by molar-refractivity contribution is 5.41. The Bertz CT molecular complexity index is 378. The number of rotatable bonds is 4. The van der Waals surface area contributed by atoms with Crippen molar-refractivity contribution in [1.29, 1.82) is 0 Å². The van der Waals surface area contributed by atoms with Crippen molar-refractivity contribution in [3.63, 3.8) is 0 Å². The Balaban J connectivity index is 2.19. The van der Waals surface area contributed by atoms with Gasteiger partial charge in [0.2, 0.25) is 0 Å². The van der Waals surface area contributed by atoms with Crippen molar-refractivity contribution in [2.45, 2.75) is 58.0 Å². The molecule has 1 saturated heterocycles. The van der Waals surface area contributed by atoms with Gasteiger partial charge < -0.3 is 10.6 Å². The van der Waals surface area contributed by atoms with Gasteiger partial charge in [-0.3, -0.25) is 0 Å². The van der Waals surface area contributed by atoms with Gasteiger partial charge in [-0.2, -0.15) is 0 Å². The van der Waals surface area contributed by atoms with Crippen molar-refractivity contribution >= 4 is 5.82 Å². The van der Waals surface area contributed by atoms with Crippen molar-refractivity contribution in [2.24, 2.45) is 5.73 Å². The van der Waals surface area contributed by atoms with Crippen LogP contribution in [0.4, 0.5) is 5.82 Å². The minimum Gasteiger partial charge on any atom is -0.352 e. The normalized spacial score (nSPS) is 21.9. The SMILES string of the molecule is CCCc1cc(N2CCCCC2C(C)N)ncn1. The van der Waals surface area contributed by atoms with Crippen LogP contribution in [0.3, 0.4) is 0 Å². The highest BCUT2D eigenvalue weighted by Gasteiger charge is 2.26. The molecule has 100 valence electrons. The Morgan fingerprint density at radius 3 is 3.00 bits per heavy atom. The fourth-order valence-corrected chi connectivity index (χ4v) is 2.72. The number of anilines is 1. The Kier molecular flexibility index (Phi) is 4.53. The molecule has 2 N–H and O–H groups in total. The van der Waals surface area contributed by atoms with Crippen molar-refractivity contribution in [1.82, 2.24) is 9.97 Å². The summed E-state index contributed by atoms with van der Waals surface area (Å²) in [7, 11) is 0. The third-order valence-electron chi connectivity index (χ3n) is 3.67. The quantitative estimate of drug-likeness (QED) is 0.887. The smallest absolute Gasteiger partial charge is 0.132 e. The zero-order chi connectivity index (χ0) is 13.0. The average Bonchev–Trinajstić information content (AvgIpc) is 2.39. The number of nitrogens with zero attached hydrogens (tertiary/aromatic N) is 3. The molecular weight excluding hydrogens is 224 g/mol. The molecule has 2 unspecified atom stereocenters. The van der Waals surface area contributed by atoms with E-state index in [9.17, 15) is 0 Å². The summed E-state index contributed by atoms with van der Waals surface area (Å²) in [6.45, 7) is 5.33. The number of aryl methyl sites for hydroxylation is 1. The second-order valence-electron chi connectivity index (χ2n) is 5.23. The first-order valence-corrected chi connectivity index (χ1v) is 7.05. The molecule has 1 aliphatic heterocycles. The number of hydrogen-bond acceptors (Lipinski definition) is 4. The molecule has 2 rings (SSSR count). The molecule has 0 radical (unpaired) electrons. The maximum Gasteiger partial charge on any atom is 0.132 e. The summed E-state index contributed by atoms with van der Waals surface area (Å²) in [4.78, 5) is 11.1. The molecule has 0 aliphatic carbocycles. The van der Waals surface area contributed by atoms with E-state index in [1.165, 1.54) is 19.3 Å². The Labute approximate surface area is 110 Å². The topological polar surface area (TPSA) is 55.0 Å². The lowest BCUT2D eigenvalue weighted by Gasteiger charge is -2.38. The lowest BCUT2D eigenvalue weighted by molar-refractivity contribution is 0.410. The zero-order valence-electron chi connectivity index (χ0n) is 11.5. The van der Waals surface area contributed by atoms with Gasteiger partial charge in [0.1, 0.15) is 12.1 Å². The number of nitrogens with two attached hydrogens (primary N) is 1. The van der Waals surface area contributed by atoms with E-state index in [2.05, 4.69) is 34.8 Å². The van der Waals surface area contributed by atoms with Crippen molar-refractivity contribution < 1.29 is 0 Å². The first-order valence-electron chi connectivity index (χ1n) is 7.05. The number of aromatic nitrogens is 2. The molecule has 0 saturated carbocycles. The van der Waals surface area contributed by atoms with Gasteiger partial charge in [-0.1, -0.05) is 13.3 Å². The van der Waals surface area contributed by atoms with E-state index in [1.807, 2.05) is 0 Å². The summed E-state index contributed by atoms with van der Waals surface area (Å²) in [6, 6.07) is 2.74. The van der Waals surface area contributed by atoms with E-state index in [1.54, 1.807) is 6.33 Å². The standard InChI is InChI=1S/C14H24N4/c1-3-6-12-9-14(17-10-16-12)18-8-5-4-7-13(18)11(2)15/h9-11,13H,3-8,15H2,1-2H3. The van der Waals surface area contributed by atoms with Crippen LogP contribution in [0.25, 0.3) is 0 Å². The number of piperidine rings is 1. The Hall–Kier alpha value is -1.16. The second-order valence-corrected chi connectivity index (χ2v) is 5.23. The first-order chi connectivity index (χ1) is 8.72. The molecule has 2 atom stereocenters. The molecule has 18 heavy (non-hydrogen) atoms. The van der Waals surface area contributed by atoms with Crippen molar-refractivity contribution in [3.8, 4) is 0 Å². The van der Waals surface area contributed by atoms with Crippen LogP contribution in [0.2, 0.25) is 0 Å². The summed E-state index contributed by atoms with van der Waals surface area (Å²) in [6.07, 6.45) is 7.50. The molecule has 4 nitrogen and oxygen atoms in total. The van der Waals surface area contributed by atoms with Gasteiger partial charge in [0.05, 0.1) is 0 Å². The largest absolute Gasteiger partial charge is 0.352 e. The molecule has 1 aliphatic rings. The van der Waals surface area contributed by atoms with E-state index in [0.717, 1.165) is 30.9 Å². The minimum absolute atomic E-state index is 0.190. The lowest BCUT2D eigenvalue weighted by Crippen LogP contribution is -2.49. The molecule has 1 fully saturated rings. The maximum absolute atomic E-state index is 6.11. The third-order valence-corrected chi connectivity index (χ3v) is 3.67. The zero-order valence-corrected chi connectivity index (χ0v) is 11.5. The summed E-state index contributed by atoms with van der Waals surface area (Å²) in [5, 5.41) is 0. The van der Waals surface area contributed by atoms with Crippen LogP contribution in [-0.2, 0) is 6.42 Å². The highest BCUT2D eigenvalue weighted by atomic mass is 15.2. The molecule has 0 amide bonds. The lowest BCUT2D eigenvalue weighted by atomic mass is 9.97. The summed E-state index contributed by atoms with van der Waals surface area (Å²) in [5.41, 5.74) is 7.24. The fourth-order valence-electron chi connectivity index (χ4n) is 2.72. The Morgan fingerprint density at radius 1 is 1.44 bits per heavy atom. The van der Waals surface area contributed by atoms with Crippen LogP contribution in [0.5, 0.6) is 0 Å². The van der Waals surface area contributed by atoms with Gasteiger partial charge in [0.15, 0.2) is 0 Å². The molecule has 1 aromatic heterocycles. The van der Waals surface area contributed by atoms with Crippen molar-refractivity contribution in [3.05, 3.63) is 18.1 Å². The van der Waals surface area contributed by atoms with Crippen LogP contribution in [0, 0.1) is 0 Å². The highest BCUT2D eigenvalue weighted by Crippen LogP contribution is 2.24. The number of hydrogen-bond donors (Lipinski definition) is 1. The van der Waals surface area contributed by atoms with E-state index in [0.29, 0.717) is 6.04 Å². The van der Waals surface area contributed by atoms with Crippen LogP contribution in [0.15, 0.2) is 12.4 Å². The van der Waals surface area contributed by atoms with Gasteiger partial charge in [-0.25, -0.2) is 9.97 Å². The second kappa shape index (κ2) is 6.14. The van der Waals surface area contributed by atoms with Crippen LogP contribution >= 0.6 is 0 Å².